The second-order valence-electron chi connectivity index (χ2n) is 14.5. The van der Waals surface area contributed by atoms with Gasteiger partial charge in [0.25, 0.3) is 0 Å². The van der Waals surface area contributed by atoms with Crippen molar-refractivity contribution in [1.29, 1.82) is 0 Å². The zero-order valence-corrected chi connectivity index (χ0v) is 30.9. The maximum Gasteiger partial charge on any atom is 0.0754 e. The van der Waals surface area contributed by atoms with Gasteiger partial charge in [0.2, 0.25) is 0 Å². The number of nitrogens with zero attached hydrogens (tertiary/aromatic N) is 2. The molecule has 10 rings (SSSR count). The van der Waals surface area contributed by atoms with Gasteiger partial charge in [0, 0.05) is 11.4 Å². The summed E-state index contributed by atoms with van der Waals surface area (Å²) in [5.74, 6) is 0. The van der Waals surface area contributed by atoms with Crippen molar-refractivity contribution in [2.75, 3.05) is 4.90 Å². The first-order chi connectivity index (χ1) is 27.7. The highest BCUT2D eigenvalue weighted by molar-refractivity contribution is 6.12. The van der Waals surface area contributed by atoms with Crippen LogP contribution in [0.3, 0.4) is 0 Å². The SMILES string of the molecule is N/C(=C\C(=NCc1ccccc1)c1ccc(-c2ccccc2)cc1)c1ccc2c(c1)-c1ccccc1C21c2ccccc2N(c2ccccc2)c2ccccc21. The van der Waals surface area contributed by atoms with E-state index in [2.05, 4.69) is 199 Å². The fraction of sp³-hybridized carbons (Fsp3) is 0.0377. The van der Waals surface area contributed by atoms with E-state index in [0.717, 1.165) is 33.7 Å². The molecule has 1 heterocycles. The van der Waals surface area contributed by atoms with Crippen molar-refractivity contribution in [2.45, 2.75) is 12.0 Å². The Balaban J connectivity index is 1.11. The first-order valence-corrected chi connectivity index (χ1v) is 19.2. The lowest BCUT2D eigenvalue weighted by atomic mass is 9.64. The quantitative estimate of drug-likeness (QED) is 0.167. The van der Waals surface area contributed by atoms with Crippen molar-refractivity contribution in [1.82, 2.24) is 0 Å². The lowest BCUT2D eigenvalue weighted by molar-refractivity contribution is 0.752. The monoisotopic (exact) mass is 717 g/mol. The number of rotatable bonds is 7. The average Bonchev–Trinajstić information content (AvgIpc) is 3.56. The first kappa shape index (κ1) is 33.3. The molecule has 2 N–H and O–H groups in total. The molecule has 0 aromatic heterocycles. The summed E-state index contributed by atoms with van der Waals surface area (Å²) >= 11 is 0. The van der Waals surface area contributed by atoms with Crippen LogP contribution in [0.15, 0.2) is 217 Å². The van der Waals surface area contributed by atoms with Gasteiger partial charge in [-0.05, 0) is 97.6 Å². The molecule has 1 aliphatic heterocycles. The predicted molar refractivity (Wildman–Crippen MR) is 233 cm³/mol. The third kappa shape index (κ3) is 5.48. The van der Waals surface area contributed by atoms with Gasteiger partial charge >= 0.3 is 0 Å². The maximum atomic E-state index is 7.12. The summed E-state index contributed by atoms with van der Waals surface area (Å²) in [5.41, 5.74) is 24.6. The second kappa shape index (κ2) is 13.9. The molecule has 0 saturated carbocycles. The van der Waals surface area contributed by atoms with E-state index in [1.54, 1.807) is 0 Å². The Morgan fingerprint density at radius 1 is 0.482 bits per heavy atom. The molecule has 2 aliphatic rings. The van der Waals surface area contributed by atoms with E-state index >= 15 is 0 Å². The third-order valence-electron chi connectivity index (χ3n) is 11.3. The van der Waals surface area contributed by atoms with Crippen molar-refractivity contribution in [3.8, 4) is 22.3 Å². The molecule has 56 heavy (non-hydrogen) atoms. The number of para-hydroxylation sites is 3. The van der Waals surface area contributed by atoms with Crippen LogP contribution in [0, 0.1) is 0 Å². The number of hydrogen-bond acceptors (Lipinski definition) is 3. The van der Waals surface area contributed by atoms with Gasteiger partial charge in [-0.25, -0.2) is 0 Å². The molecule has 3 nitrogen and oxygen atoms in total. The molecule has 8 aromatic rings. The van der Waals surface area contributed by atoms with Crippen LogP contribution in [0.25, 0.3) is 28.0 Å². The fourth-order valence-electron chi connectivity index (χ4n) is 8.82. The summed E-state index contributed by atoms with van der Waals surface area (Å²) in [6, 6.07) is 73.7. The second-order valence-corrected chi connectivity index (χ2v) is 14.5. The number of benzene rings is 8. The standard InChI is InChI=1S/C53H39N3/c54-49(35-50(55-36-37-16-4-1-5-17-37)40-30-28-39(29-31-40)38-18-6-2-7-19-38)41-32-33-46-44(34-41)43-22-10-11-23-45(43)53(46)47-24-12-14-26-51(47)56(42-20-8-3-9-21-42)52-27-15-13-25-48(52)53/h1-35H,36,54H2/b49-35-,55-50?. The number of nitrogens with two attached hydrogens (primary N) is 1. The Kier molecular flexibility index (Phi) is 8.26. The number of fused-ring (bicyclic) bond motifs is 9. The van der Waals surface area contributed by atoms with Gasteiger partial charge in [-0.1, -0.05) is 176 Å². The van der Waals surface area contributed by atoms with Crippen molar-refractivity contribution < 1.29 is 0 Å². The van der Waals surface area contributed by atoms with Gasteiger partial charge in [-0.2, -0.15) is 0 Å². The van der Waals surface area contributed by atoms with Crippen molar-refractivity contribution in [3.05, 3.63) is 251 Å². The summed E-state index contributed by atoms with van der Waals surface area (Å²) in [5, 5.41) is 0. The molecule has 0 amide bonds. The molecular weight excluding hydrogens is 679 g/mol. The molecule has 1 spiro atoms. The largest absolute Gasteiger partial charge is 0.398 e. The van der Waals surface area contributed by atoms with Gasteiger partial charge in [0.05, 0.1) is 29.0 Å². The predicted octanol–water partition coefficient (Wildman–Crippen LogP) is 12.5. The normalized spacial score (nSPS) is 13.8. The Morgan fingerprint density at radius 2 is 1.00 bits per heavy atom. The Bertz CT molecular complexity index is 2720. The summed E-state index contributed by atoms with van der Waals surface area (Å²) in [6.45, 7) is 0.555. The zero-order chi connectivity index (χ0) is 37.5. The van der Waals surface area contributed by atoms with Crippen LogP contribution in [0.1, 0.15) is 38.9 Å². The zero-order valence-electron chi connectivity index (χ0n) is 30.9. The third-order valence-corrected chi connectivity index (χ3v) is 11.3. The number of hydrogen-bond donors (Lipinski definition) is 1. The van der Waals surface area contributed by atoms with Crippen LogP contribution in [0.2, 0.25) is 0 Å². The minimum Gasteiger partial charge on any atom is -0.398 e. The Morgan fingerprint density at radius 3 is 1.68 bits per heavy atom. The van der Waals surface area contributed by atoms with Crippen molar-refractivity contribution >= 4 is 28.5 Å². The van der Waals surface area contributed by atoms with Crippen LogP contribution in [-0.4, -0.2) is 5.71 Å². The number of allylic oxidation sites excluding steroid dienone is 1. The van der Waals surface area contributed by atoms with E-state index in [9.17, 15) is 0 Å². The molecular formula is C53H39N3. The van der Waals surface area contributed by atoms with Crippen LogP contribution in [0.5, 0.6) is 0 Å². The Hall–Kier alpha value is -7.23. The smallest absolute Gasteiger partial charge is 0.0754 e. The van der Waals surface area contributed by atoms with E-state index in [4.69, 9.17) is 10.7 Å². The highest BCUT2D eigenvalue weighted by Crippen LogP contribution is 2.63. The van der Waals surface area contributed by atoms with E-state index in [0.29, 0.717) is 12.2 Å². The lowest BCUT2D eigenvalue weighted by Gasteiger charge is -2.45. The van der Waals surface area contributed by atoms with Crippen LogP contribution < -0.4 is 10.6 Å². The molecule has 0 fully saturated rings. The average molecular weight is 718 g/mol. The van der Waals surface area contributed by atoms with E-state index < -0.39 is 5.41 Å². The Labute approximate surface area is 328 Å². The maximum absolute atomic E-state index is 7.12. The summed E-state index contributed by atoms with van der Waals surface area (Å²) in [4.78, 5) is 7.56. The van der Waals surface area contributed by atoms with Crippen molar-refractivity contribution in [3.63, 3.8) is 0 Å². The lowest BCUT2D eigenvalue weighted by Crippen LogP contribution is -2.36. The van der Waals surface area contributed by atoms with Crippen LogP contribution in [0.4, 0.5) is 17.1 Å². The topological polar surface area (TPSA) is 41.6 Å². The minimum atomic E-state index is -0.510. The summed E-state index contributed by atoms with van der Waals surface area (Å²) in [7, 11) is 0. The molecule has 0 atom stereocenters. The van der Waals surface area contributed by atoms with Gasteiger partial charge in [-0.15, -0.1) is 0 Å². The van der Waals surface area contributed by atoms with Gasteiger partial charge in [0.15, 0.2) is 0 Å². The molecule has 8 aromatic carbocycles. The first-order valence-electron chi connectivity index (χ1n) is 19.2. The molecule has 0 saturated heterocycles. The van der Waals surface area contributed by atoms with Crippen LogP contribution >= 0.6 is 0 Å². The molecule has 3 heteroatoms. The molecule has 0 unspecified atom stereocenters. The number of aliphatic imine (C=N–C) groups is 1. The summed E-state index contributed by atoms with van der Waals surface area (Å²) in [6.07, 6.45) is 2.04. The molecule has 1 aliphatic carbocycles. The molecule has 0 radical (unpaired) electrons. The van der Waals surface area contributed by atoms with E-state index in [1.807, 2.05) is 18.2 Å². The molecule has 266 valence electrons. The van der Waals surface area contributed by atoms with Gasteiger partial charge < -0.3 is 10.6 Å². The van der Waals surface area contributed by atoms with E-state index in [1.165, 1.54) is 50.3 Å². The van der Waals surface area contributed by atoms with Gasteiger partial charge in [-0.3, -0.25) is 4.99 Å². The van der Waals surface area contributed by atoms with Gasteiger partial charge in [0.1, 0.15) is 0 Å². The minimum absolute atomic E-state index is 0.510. The fourth-order valence-corrected chi connectivity index (χ4v) is 8.82. The highest BCUT2D eigenvalue weighted by atomic mass is 15.2. The van der Waals surface area contributed by atoms with Crippen LogP contribution in [-0.2, 0) is 12.0 Å². The molecule has 0 bridgehead atoms. The van der Waals surface area contributed by atoms with E-state index in [-0.39, 0.29) is 0 Å². The highest BCUT2D eigenvalue weighted by Gasteiger charge is 2.51. The summed E-state index contributed by atoms with van der Waals surface area (Å²) < 4.78 is 0. The number of anilines is 3. The van der Waals surface area contributed by atoms with Crippen molar-refractivity contribution in [2.24, 2.45) is 10.7 Å².